The highest BCUT2D eigenvalue weighted by Crippen LogP contribution is 2.22. The van der Waals surface area contributed by atoms with Gasteiger partial charge in [0.1, 0.15) is 0 Å². The van der Waals surface area contributed by atoms with Gasteiger partial charge >= 0.3 is 0 Å². The van der Waals surface area contributed by atoms with Gasteiger partial charge in [-0.1, -0.05) is 23.9 Å². The molecule has 10 heteroatoms. The Labute approximate surface area is 146 Å². The molecule has 5 N–H and O–H groups in total. The molecule has 2 amide bonds. The number of primary amides is 1. The summed E-state index contributed by atoms with van der Waals surface area (Å²) in [6, 6.07) is 9.91. The highest BCUT2D eigenvalue weighted by atomic mass is 32.2. The Hall–Kier alpha value is -3.27. The van der Waals surface area contributed by atoms with Gasteiger partial charge in [0.15, 0.2) is 5.76 Å². The topological polar surface area (TPSA) is 142 Å². The van der Waals surface area contributed by atoms with Crippen LogP contribution in [0.2, 0.25) is 0 Å². The summed E-state index contributed by atoms with van der Waals surface area (Å²) in [5, 5.41) is 10.9. The van der Waals surface area contributed by atoms with Crippen LogP contribution in [0.3, 0.4) is 0 Å². The second-order valence-corrected chi connectivity index (χ2v) is 5.84. The van der Waals surface area contributed by atoms with Gasteiger partial charge in [0, 0.05) is 0 Å². The summed E-state index contributed by atoms with van der Waals surface area (Å²) in [5.74, 6) is 5.82. The zero-order chi connectivity index (χ0) is 17.8. The quantitative estimate of drug-likeness (QED) is 0.442. The highest BCUT2D eigenvalue weighted by Gasteiger charge is 2.16. The zero-order valence-electron chi connectivity index (χ0n) is 12.9. The van der Waals surface area contributed by atoms with Crippen LogP contribution in [0.1, 0.15) is 10.4 Å². The van der Waals surface area contributed by atoms with Gasteiger partial charge in [0.05, 0.1) is 23.3 Å². The fourth-order valence-electron chi connectivity index (χ4n) is 2.07. The third-order valence-corrected chi connectivity index (χ3v) is 4.15. The predicted octanol–water partition coefficient (Wildman–Crippen LogP) is 1.08. The van der Waals surface area contributed by atoms with Crippen molar-refractivity contribution in [1.29, 1.82) is 0 Å². The molecular formula is C15H14N6O3S. The Bertz CT molecular complexity index is 906. The molecule has 0 radical (unpaired) electrons. The van der Waals surface area contributed by atoms with E-state index in [9.17, 15) is 9.59 Å². The number of nitrogens with two attached hydrogens (primary N) is 2. The Balaban J connectivity index is 1.65. The Morgan fingerprint density at radius 2 is 2.00 bits per heavy atom. The first-order chi connectivity index (χ1) is 12.1. The largest absolute Gasteiger partial charge is 0.461 e. The first-order valence-corrected chi connectivity index (χ1v) is 8.10. The lowest BCUT2D eigenvalue weighted by molar-refractivity contribution is -0.113. The number of nitrogens with one attached hydrogen (secondary N) is 1. The van der Waals surface area contributed by atoms with E-state index < -0.39 is 5.91 Å². The molecule has 2 heterocycles. The van der Waals surface area contributed by atoms with Crippen LogP contribution in [0.25, 0.3) is 11.6 Å². The van der Waals surface area contributed by atoms with E-state index in [4.69, 9.17) is 16.0 Å². The summed E-state index contributed by atoms with van der Waals surface area (Å²) >= 11 is 1.10. The van der Waals surface area contributed by atoms with Gasteiger partial charge in [-0.05, 0) is 24.3 Å². The molecule has 0 atom stereocenters. The molecular weight excluding hydrogens is 344 g/mol. The zero-order valence-corrected chi connectivity index (χ0v) is 13.7. The first-order valence-electron chi connectivity index (χ1n) is 7.12. The second kappa shape index (κ2) is 7.09. The number of carbonyl (C=O) groups excluding carboxylic acids is 2. The molecule has 0 aliphatic heterocycles. The Morgan fingerprint density at radius 1 is 1.20 bits per heavy atom. The van der Waals surface area contributed by atoms with E-state index >= 15 is 0 Å². The lowest BCUT2D eigenvalue weighted by atomic mass is 10.1. The summed E-state index contributed by atoms with van der Waals surface area (Å²) in [4.78, 5) is 23.5. The number of carbonyl (C=O) groups is 2. The number of nitrogen functional groups attached to an aromatic ring is 1. The molecule has 0 aliphatic rings. The van der Waals surface area contributed by atoms with Gasteiger partial charge in [-0.3, -0.25) is 9.59 Å². The molecule has 0 aliphatic carbocycles. The molecule has 25 heavy (non-hydrogen) atoms. The number of thioether (sulfide) groups is 1. The van der Waals surface area contributed by atoms with Crippen LogP contribution >= 0.6 is 11.8 Å². The maximum absolute atomic E-state index is 12.1. The van der Waals surface area contributed by atoms with Gasteiger partial charge in [-0.2, -0.15) is 0 Å². The fraction of sp³-hybridized carbons (Fsp3) is 0.0667. The van der Waals surface area contributed by atoms with Crippen LogP contribution in [0.15, 0.2) is 52.2 Å². The molecule has 0 unspecified atom stereocenters. The molecule has 3 rings (SSSR count). The predicted molar refractivity (Wildman–Crippen MR) is 92.2 cm³/mol. The van der Waals surface area contributed by atoms with E-state index in [0.717, 1.165) is 11.8 Å². The van der Waals surface area contributed by atoms with Crippen molar-refractivity contribution in [3.63, 3.8) is 0 Å². The van der Waals surface area contributed by atoms with Crippen LogP contribution in [0, 0.1) is 0 Å². The van der Waals surface area contributed by atoms with Crippen LogP contribution in [0.4, 0.5) is 5.69 Å². The molecule has 1 aromatic carbocycles. The maximum Gasteiger partial charge on any atom is 0.250 e. The lowest BCUT2D eigenvalue weighted by Crippen LogP contribution is -2.20. The van der Waals surface area contributed by atoms with Gasteiger partial charge in [0.25, 0.3) is 5.91 Å². The number of hydrogen-bond acceptors (Lipinski definition) is 7. The van der Waals surface area contributed by atoms with Gasteiger partial charge < -0.3 is 21.3 Å². The second-order valence-electron chi connectivity index (χ2n) is 4.90. The third-order valence-electron chi connectivity index (χ3n) is 3.21. The number of hydrogen-bond donors (Lipinski definition) is 3. The van der Waals surface area contributed by atoms with Gasteiger partial charge in [-0.25, -0.2) is 4.68 Å². The van der Waals surface area contributed by atoms with Crippen molar-refractivity contribution < 1.29 is 14.0 Å². The number of rotatable bonds is 6. The Morgan fingerprint density at radius 3 is 2.72 bits per heavy atom. The maximum atomic E-state index is 12.1. The van der Waals surface area contributed by atoms with Crippen molar-refractivity contribution in [3.8, 4) is 11.6 Å². The molecule has 0 fully saturated rings. The molecule has 9 nitrogen and oxygen atoms in total. The smallest absolute Gasteiger partial charge is 0.250 e. The summed E-state index contributed by atoms with van der Waals surface area (Å²) in [5.41, 5.74) is 5.87. The molecule has 0 bridgehead atoms. The number of aromatic nitrogens is 3. The average Bonchev–Trinajstić information content (AvgIpc) is 3.23. The summed E-state index contributed by atoms with van der Waals surface area (Å²) < 4.78 is 6.46. The average molecular weight is 358 g/mol. The third kappa shape index (κ3) is 3.63. The number of anilines is 1. The minimum atomic E-state index is -0.617. The SMILES string of the molecule is NC(=O)c1ccccc1NC(=O)CSc1nnc(-c2ccco2)n1N. The standard InChI is InChI=1S/C15H14N6O3S/c16-13(23)9-4-1-2-5-10(9)18-12(22)8-25-15-20-19-14(21(15)17)11-6-3-7-24-11/h1-7H,8,17H2,(H2,16,23)(H,18,22). The van der Waals surface area contributed by atoms with E-state index in [0.29, 0.717) is 22.4 Å². The van der Waals surface area contributed by atoms with Crippen molar-refractivity contribution in [3.05, 3.63) is 48.2 Å². The number of para-hydroxylation sites is 1. The first kappa shape index (κ1) is 16.6. The summed E-state index contributed by atoms with van der Waals surface area (Å²) in [7, 11) is 0. The number of nitrogens with zero attached hydrogens (tertiary/aromatic N) is 3. The van der Waals surface area contributed by atoms with Gasteiger partial charge in [0.2, 0.25) is 16.9 Å². The monoisotopic (exact) mass is 358 g/mol. The van der Waals surface area contributed by atoms with E-state index in [1.54, 1.807) is 30.3 Å². The van der Waals surface area contributed by atoms with E-state index in [2.05, 4.69) is 15.5 Å². The highest BCUT2D eigenvalue weighted by molar-refractivity contribution is 7.99. The fourth-order valence-corrected chi connectivity index (χ4v) is 2.73. The molecule has 2 aromatic heterocycles. The van der Waals surface area contributed by atoms with Crippen molar-refractivity contribution in [1.82, 2.24) is 14.9 Å². The number of benzene rings is 1. The van der Waals surface area contributed by atoms with Crippen LogP contribution in [-0.4, -0.2) is 32.4 Å². The normalized spacial score (nSPS) is 10.6. The van der Waals surface area contributed by atoms with Crippen molar-refractivity contribution in [2.75, 3.05) is 16.9 Å². The number of furan rings is 1. The summed E-state index contributed by atoms with van der Waals surface area (Å²) in [6.07, 6.45) is 1.50. The van der Waals surface area contributed by atoms with E-state index in [-0.39, 0.29) is 17.2 Å². The summed E-state index contributed by atoms with van der Waals surface area (Å²) in [6.45, 7) is 0. The molecule has 3 aromatic rings. The van der Waals surface area contributed by atoms with Crippen LogP contribution in [0.5, 0.6) is 0 Å². The van der Waals surface area contributed by atoms with E-state index in [1.165, 1.54) is 17.0 Å². The Kier molecular flexibility index (Phi) is 4.70. The van der Waals surface area contributed by atoms with E-state index in [1.807, 2.05) is 0 Å². The van der Waals surface area contributed by atoms with Crippen molar-refractivity contribution in [2.45, 2.75) is 5.16 Å². The minimum Gasteiger partial charge on any atom is -0.461 e. The van der Waals surface area contributed by atoms with Crippen LogP contribution in [-0.2, 0) is 4.79 Å². The molecule has 128 valence electrons. The van der Waals surface area contributed by atoms with Crippen molar-refractivity contribution in [2.24, 2.45) is 5.73 Å². The molecule has 0 saturated carbocycles. The molecule has 0 saturated heterocycles. The van der Waals surface area contributed by atoms with Crippen molar-refractivity contribution >= 4 is 29.3 Å². The van der Waals surface area contributed by atoms with Gasteiger partial charge in [-0.15, -0.1) is 10.2 Å². The van der Waals surface area contributed by atoms with Crippen LogP contribution < -0.4 is 16.9 Å². The minimum absolute atomic E-state index is 0.0284. The number of amides is 2. The molecule has 0 spiro atoms. The lowest BCUT2D eigenvalue weighted by Gasteiger charge is -2.08.